The molecule has 3 aromatic rings. The Balaban J connectivity index is 1.93. The van der Waals surface area contributed by atoms with Crippen LogP contribution in [-0.4, -0.2) is 22.6 Å². The van der Waals surface area contributed by atoms with Crippen molar-refractivity contribution in [2.45, 2.75) is 6.23 Å². The van der Waals surface area contributed by atoms with Crippen molar-refractivity contribution in [3.05, 3.63) is 66.4 Å². The van der Waals surface area contributed by atoms with E-state index in [1.54, 1.807) is 42.1 Å². The number of fused-ring (bicyclic) bond motifs is 1. The second-order valence-corrected chi connectivity index (χ2v) is 4.75. The van der Waals surface area contributed by atoms with Crippen LogP contribution >= 0.6 is 0 Å². The van der Waals surface area contributed by atoms with E-state index in [1.165, 1.54) is 0 Å². The van der Waals surface area contributed by atoms with Crippen LogP contribution in [0.4, 0.5) is 0 Å². The number of ketones is 1. The fraction of sp³-hybridized carbons (Fsp3) is 0.118. The molecule has 0 fully saturated rings. The minimum absolute atomic E-state index is 0.348. The first-order valence-electron chi connectivity index (χ1n) is 6.62. The Morgan fingerprint density at radius 2 is 1.81 bits per heavy atom. The van der Waals surface area contributed by atoms with Crippen molar-refractivity contribution in [1.82, 2.24) is 4.57 Å². The third-order valence-corrected chi connectivity index (χ3v) is 3.50. The van der Waals surface area contributed by atoms with Gasteiger partial charge in [-0.3, -0.25) is 4.79 Å². The lowest BCUT2D eigenvalue weighted by Crippen LogP contribution is -2.18. The SMILES string of the molecule is COc1ccc(C(=O)C(O)n2ccc3ccccc32)cc1. The van der Waals surface area contributed by atoms with Crippen LogP contribution in [-0.2, 0) is 0 Å². The minimum atomic E-state index is -1.24. The third-order valence-electron chi connectivity index (χ3n) is 3.50. The van der Waals surface area contributed by atoms with Crippen LogP contribution in [0.3, 0.4) is 0 Å². The van der Waals surface area contributed by atoms with Gasteiger partial charge in [-0.1, -0.05) is 18.2 Å². The van der Waals surface area contributed by atoms with Crippen LogP contribution in [0.5, 0.6) is 5.75 Å². The summed E-state index contributed by atoms with van der Waals surface area (Å²) in [6.07, 6.45) is 0.481. The summed E-state index contributed by atoms with van der Waals surface area (Å²) in [5.74, 6) is 0.325. The Bertz CT molecular complexity index is 774. The van der Waals surface area contributed by atoms with E-state index in [9.17, 15) is 9.90 Å². The standard InChI is InChI=1S/C17H15NO3/c1-21-14-8-6-13(7-9-14)16(19)17(20)18-11-10-12-4-2-3-5-15(12)18/h2-11,17,20H,1H3. The third kappa shape index (κ3) is 2.41. The first-order chi connectivity index (χ1) is 10.2. The molecule has 21 heavy (non-hydrogen) atoms. The molecular weight excluding hydrogens is 266 g/mol. The molecule has 3 rings (SSSR count). The lowest BCUT2D eigenvalue weighted by Gasteiger charge is -2.13. The summed E-state index contributed by atoms with van der Waals surface area (Å²) in [5, 5.41) is 11.3. The molecule has 4 nitrogen and oxygen atoms in total. The Kier molecular flexibility index (Phi) is 3.46. The molecule has 4 heteroatoms. The van der Waals surface area contributed by atoms with E-state index in [-0.39, 0.29) is 5.78 Å². The van der Waals surface area contributed by atoms with E-state index in [1.807, 2.05) is 30.3 Å². The number of rotatable bonds is 4. The zero-order valence-corrected chi connectivity index (χ0v) is 11.6. The van der Waals surface area contributed by atoms with Crippen LogP contribution in [0.15, 0.2) is 60.8 Å². The predicted octanol–water partition coefficient (Wildman–Crippen LogP) is 3.02. The first-order valence-corrected chi connectivity index (χ1v) is 6.62. The van der Waals surface area contributed by atoms with Gasteiger partial charge >= 0.3 is 0 Å². The van der Waals surface area contributed by atoms with Crippen molar-refractivity contribution in [2.75, 3.05) is 7.11 Å². The Morgan fingerprint density at radius 3 is 2.52 bits per heavy atom. The number of nitrogens with zero attached hydrogens (tertiary/aromatic N) is 1. The smallest absolute Gasteiger partial charge is 0.212 e. The Hall–Kier alpha value is -2.59. The number of aliphatic hydroxyl groups is 1. The number of carbonyl (C=O) groups is 1. The largest absolute Gasteiger partial charge is 0.497 e. The number of ether oxygens (including phenoxy) is 1. The summed E-state index contributed by atoms with van der Waals surface area (Å²) >= 11 is 0. The molecule has 0 radical (unpaired) electrons. The molecule has 0 bridgehead atoms. The highest BCUT2D eigenvalue weighted by atomic mass is 16.5. The van der Waals surface area contributed by atoms with E-state index >= 15 is 0 Å². The second-order valence-electron chi connectivity index (χ2n) is 4.75. The van der Waals surface area contributed by atoms with Crippen LogP contribution in [0, 0.1) is 0 Å². The van der Waals surface area contributed by atoms with Gasteiger partial charge in [-0.2, -0.15) is 0 Å². The van der Waals surface area contributed by atoms with Crippen LogP contribution in [0.1, 0.15) is 16.6 Å². The van der Waals surface area contributed by atoms with E-state index in [0.29, 0.717) is 11.3 Å². The van der Waals surface area contributed by atoms with Crippen molar-refractivity contribution in [3.63, 3.8) is 0 Å². The zero-order valence-electron chi connectivity index (χ0n) is 11.6. The van der Waals surface area contributed by atoms with Crippen LogP contribution < -0.4 is 4.74 Å². The van der Waals surface area contributed by atoms with Crippen molar-refractivity contribution < 1.29 is 14.6 Å². The average Bonchev–Trinajstić information content (AvgIpc) is 2.97. The first kappa shape index (κ1) is 13.4. The molecular formula is C17H15NO3. The molecule has 0 saturated carbocycles. The molecule has 1 aromatic heterocycles. The number of para-hydroxylation sites is 1. The summed E-state index contributed by atoms with van der Waals surface area (Å²) in [5.41, 5.74) is 1.27. The summed E-state index contributed by atoms with van der Waals surface area (Å²) < 4.78 is 6.63. The molecule has 2 aromatic carbocycles. The molecule has 0 aliphatic rings. The van der Waals surface area contributed by atoms with Gasteiger partial charge in [-0.15, -0.1) is 0 Å². The van der Waals surface area contributed by atoms with Gasteiger partial charge in [0.05, 0.1) is 12.6 Å². The lowest BCUT2D eigenvalue weighted by molar-refractivity contribution is 0.0588. The van der Waals surface area contributed by atoms with Gasteiger partial charge in [0.25, 0.3) is 0 Å². The Morgan fingerprint density at radius 1 is 1.10 bits per heavy atom. The number of methoxy groups -OCH3 is 1. The molecule has 1 N–H and O–H groups in total. The number of hydrogen-bond acceptors (Lipinski definition) is 3. The topological polar surface area (TPSA) is 51.5 Å². The number of carbonyl (C=O) groups excluding carboxylic acids is 1. The van der Waals surface area contributed by atoms with Crippen molar-refractivity contribution >= 4 is 16.7 Å². The van der Waals surface area contributed by atoms with E-state index in [2.05, 4.69) is 0 Å². The van der Waals surface area contributed by atoms with Gasteiger partial charge in [0.2, 0.25) is 5.78 Å². The highest BCUT2D eigenvalue weighted by Gasteiger charge is 2.20. The van der Waals surface area contributed by atoms with Gasteiger partial charge in [0.1, 0.15) is 5.75 Å². The number of aliphatic hydroxyl groups excluding tert-OH is 1. The molecule has 0 amide bonds. The summed E-state index contributed by atoms with van der Waals surface area (Å²) in [7, 11) is 1.57. The highest BCUT2D eigenvalue weighted by Crippen LogP contribution is 2.22. The van der Waals surface area contributed by atoms with Crippen LogP contribution in [0.25, 0.3) is 10.9 Å². The average molecular weight is 281 g/mol. The summed E-state index contributed by atoms with van der Waals surface area (Å²) in [6.45, 7) is 0. The fourth-order valence-corrected chi connectivity index (χ4v) is 2.35. The molecule has 0 saturated heterocycles. The molecule has 0 spiro atoms. The van der Waals surface area contributed by atoms with Gasteiger partial charge in [0.15, 0.2) is 6.23 Å². The fourth-order valence-electron chi connectivity index (χ4n) is 2.35. The van der Waals surface area contributed by atoms with Crippen molar-refractivity contribution in [1.29, 1.82) is 0 Å². The minimum Gasteiger partial charge on any atom is -0.497 e. The number of benzene rings is 2. The van der Waals surface area contributed by atoms with Gasteiger partial charge < -0.3 is 14.4 Å². The number of hydrogen-bond donors (Lipinski definition) is 1. The molecule has 0 aliphatic heterocycles. The maximum absolute atomic E-state index is 12.4. The number of aromatic nitrogens is 1. The van der Waals surface area contributed by atoms with Crippen molar-refractivity contribution in [3.8, 4) is 5.75 Å². The molecule has 106 valence electrons. The molecule has 1 atom stereocenters. The summed E-state index contributed by atoms with van der Waals surface area (Å²) in [6, 6.07) is 16.2. The Labute approximate surface area is 122 Å². The number of Topliss-reactive ketones (excluding diaryl/α,β-unsaturated/α-hetero) is 1. The van der Waals surface area contributed by atoms with Crippen molar-refractivity contribution in [2.24, 2.45) is 0 Å². The van der Waals surface area contributed by atoms with Gasteiger partial charge in [0, 0.05) is 11.8 Å². The zero-order chi connectivity index (χ0) is 14.8. The summed E-state index contributed by atoms with van der Waals surface area (Å²) in [4.78, 5) is 12.4. The monoisotopic (exact) mass is 281 g/mol. The van der Waals surface area contributed by atoms with E-state index in [4.69, 9.17) is 4.74 Å². The maximum Gasteiger partial charge on any atom is 0.212 e. The molecule has 1 heterocycles. The van der Waals surface area contributed by atoms with E-state index < -0.39 is 6.23 Å². The molecule has 0 aliphatic carbocycles. The van der Waals surface area contributed by atoms with E-state index in [0.717, 1.165) is 10.9 Å². The van der Waals surface area contributed by atoms with Gasteiger partial charge in [-0.25, -0.2) is 0 Å². The predicted molar refractivity (Wildman–Crippen MR) is 80.5 cm³/mol. The quantitative estimate of drug-likeness (QED) is 0.748. The lowest BCUT2D eigenvalue weighted by atomic mass is 10.1. The van der Waals surface area contributed by atoms with Crippen LogP contribution in [0.2, 0.25) is 0 Å². The molecule has 1 unspecified atom stereocenters. The second kappa shape index (κ2) is 5.42. The highest BCUT2D eigenvalue weighted by molar-refractivity contribution is 5.99. The normalized spacial score (nSPS) is 12.3. The van der Waals surface area contributed by atoms with Gasteiger partial charge in [-0.05, 0) is 41.8 Å². The maximum atomic E-state index is 12.4.